The Kier molecular flexibility index (Phi) is 9.26. The zero-order valence-electron chi connectivity index (χ0n) is 28.4. The van der Waals surface area contributed by atoms with Crippen molar-refractivity contribution >= 4 is 41.2 Å². The summed E-state index contributed by atoms with van der Waals surface area (Å²) in [6, 6.07) is 2.01. The first-order valence-electron chi connectivity index (χ1n) is 16.8. The highest BCUT2D eigenvalue weighted by molar-refractivity contribution is 6.66. The van der Waals surface area contributed by atoms with Gasteiger partial charge in [0.1, 0.15) is 11.9 Å². The lowest BCUT2D eigenvalue weighted by atomic mass is 9.73. The lowest BCUT2D eigenvalue weighted by Crippen LogP contribution is -2.42. The highest BCUT2D eigenvalue weighted by Crippen LogP contribution is 2.39. The number of ether oxygens (including phenoxy) is 2. The van der Waals surface area contributed by atoms with Crippen LogP contribution in [0.15, 0.2) is 22.9 Å². The van der Waals surface area contributed by atoms with Gasteiger partial charge >= 0.3 is 13.2 Å². The number of piperidine rings is 1. The summed E-state index contributed by atoms with van der Waals surface area (Å²) in [7, 11) is -0.585. The van der Waals surface area contributed by atoms with Crippen LogP contribution in [0.2, 0.25) is 5.02 Å². The van der Waals surface area contributed by atoms with Gasteiger partial charge in [-0.15, -0.1) is 0 Å². The largest absolute Gasteiger partial charge is 0.495 e. The number of carbonyl (C=O) groups is 1. The Hall–Kier alpha value is -2.60. The minimum atomic E-state index is -0.585. The molecule has 2 unspecified atom stereocenters. The van der Waals surface area contributed by atoms with E-state index < -0.39 is 23.9 Å². The van der Waals surface area contributed by atoms with Crippen LogP contribution in [0.3, 0.4) is 0 Å². The lowest BCUT2D eigenvalue weighted by Gasteiger charge is -2.33. The first kappa shape index (κ1) is 33.3. The third kappa shape index (κ3) is 6.84. The van der Waals surface area contributed by atoms with Crippen LogP contribution in [0.25, 0.3) is 10.9 Å². The number of hydrogen-bond acceptors (Lipinski definition) is 8. The molecule has 0 radical (unpaired) electrons. The summed E-state index contributed by atoms with van der Waals surface area (Å²) in [4.78, 5) is 19.3. The van der Waals surface area contributed by atoms with E-state index in [1.54, 1.807) is 11.2 Å². The molecule has 0 spiro atoms. The van der Waals surface area contributed by atoms with Crippen LogP contribution in [-0.4, -0.2) is 69.4 Å². The second-order valence-corrected chi connectivity index (χ2v) is 15.4. The molecule has 0 aliphatic carbocycles. The highest BCUT2D eigenvalue weighted by atomic mass is 35.5. The minimum absolute atomic E-state index is 0.112. The molecule has 1 aromatic carbocycles. The number of amides is 1. The fraction of sp³-hybridized carbons (Fsp3) is 0.676. The minimum Gasteiger partial charge on any atom is -0.449 e. The summed E-state index contributed by atoms with van der Waals surface area (Å²) in [6.45, 7) is 15.9. The summed E-state index contributed by atoms with van der Waals surface area (Å²) >= 11 is 7.09. The number of rotatable bonds is 7. The highest BCUT2D eigenvalue weighted by Gasteiger charge is 2.53. The fourth-order valence-corrected chi connectivity index (χ4v) is 6.91. The molecule has 0 N–H and O–H groups in total. The molecule has 3 aliphatic rings. The van der Waals surface area contributed by atoms with E-state index >= 15 is 0 Å². The second kappa shape index (κ2) is 12.8. The van der Waals surface area contributed by atoms with E-state index in [0.29, 0.717) is 36.8 Å². The number of oxazole rings is 1. The molecule has 3 aliphatic heterocycles. The number of benzene rings is 1. The summed E-state index contributed by atoms with van der Waals surface area (Å²) in [5.74, 6) is 0.802. The van der Waals surface area contributed by atoms with Crippen LogP contribution in [-0.2, 0) is 31.6 Å². The Morgan fingerprint density at radius 1 is 1.11 bits per heavy atom. The average molecular weight is 655 g/mol. The van der Waals surface area contributed by atoms with Crippen LogP contribution in [0.4, 0.5) is 4.79 Å². The van der Waals surface area contributed by atoms with E-state index in [2.05, 4.69) is 27.7 Å². The Balaban J connectivity index is 1.20. The van der Waals surface area contributed by atoms with Crippen LogP contribution >= 0.6 is 11.6 Å². The normalized spacial score (nSPS) is 23.3. The Morgan fingerprint density at radius 3 is 2.57 bits per heavy atom. The van der Waals surface area contributed by atoms with Gasteiger partial charge in [-0.3, -0.25) is 0 Å². The average Bonchev–Trinajstić information content (AvgIpc) is 3.68. The van der Waals surface area contributed by atoms with Gasteiger partial charge < -0.3 is 28.1 Å². The maximum atomic E-state index is 12.7. The Morgan fingerprint density at radius 2 is 1.87 bits per heavy atom. The van der Waals surface area contributed by atoms with Gasteiger partial charge in [0.15, 0.2) is 12.1 Å². The molecule has 10 nitrogen and oxygen atoms in total. The van der Waals surface area contributed by atoms with Gasteiger partial charge in [-0.2, -0.15) is 5.10 Å². The van der Waals surface area contributed by atoms with Gasteiger partial charge in [0.2, 0.25) is 0 Å². The number of fused-ring (bicyclic) bond motifs is 1. The number of hydrogen-bond donors (Lipinski definition) is 0. The van der Waals surface area contributed by atoms with Crippen LogP contribution in [0.5, 0.6) is 0 Å². The quantitative estimate of drug-likeness (QED) is 0.252. The third-order valence-corrected chi connectivity index (χ3v) is 10.1. The topological polar surface area (TPSA) is 101 Å². The second-order valence-electron chi connectivity index (χ2n) is 15.0. The van der Waals surface area contributed by atoms with Crippen LogP contribution < -0.4 is 5.46 Å². The molecule has 2 atom stereocenters. The van der Waals surface area contributed by atoms with Crippen molar-refractivity contribution in [3.05, 3.63) is 40.7 Å². The van der Waals surface area contributed by atoms with Gasteiger partial charge in [-0.25, -0.2) is 14.5 Å². The van der Waals surface area contributed by atoms with Crippen molar-refractivity contribution in [2.24, 2.45) is 0 Å². The lowest BCUT2D eigenvalue weighted by molar-refractivity contribution is -0.0366. The standard InChI is InChI=1S/C34H48BClN4O6/c1-32(2,3)44-31(41)39-16-11-12-22(20-39)26-21-43-28(38-26)14-10-13-23-25(36)18-27-24(19-37-40(27)29-15-8-9-17-42-29)30(23)35-45-33(4,5)34(6,7)46-35/h18-19,21-22,29H,8-17,20H2,1-7H3. The van der Waals surface area contributed by atoms with Crippen molar-refractivity contribution in [1.82, 2.24) is 19.7 Å². The van der Waals surface area contributed by atoms with Crippen LogP contribution in [0, 0.1) is 0 Å². The van der Waals surface area contributed by atoms with Crippen molar-refractivity contribution < 1.29 is 28.0 Å². The summed E-state index contributed by atoms with van der Waals surface area (Å²) in [5.41, 5.74) is 2.21. The van der Waals surface area contributed by atoms with Gasteiger partial charge in [0, 0.05) is 42.4 Å². The third-order valence-electron chi connectivity index (χ3n) is 9.80. The summed E-state index contributed by atoms with van der Waals surface area (Å²) in [6.07, 6.45) is 10.3. The number of likely N-dealkylation sites (tertiary alicyclic amines) is 1. The molecule has 3 aromatic rings. The van der Waals surface area contributed by atoms with Crippen molar-refractivity contribution in [3.8, 4) is 0 Å². The van der Waals surface area contributed by atoms with E-state index in [-0.39, 0.29) is 18.2 Å². The molecular formula is C34H48BClN4O6. The van der Waals surface area contributed by atoms with Crippen LogP contribution in [0.1, 0.15) is 116 Å². The van der Waals surface area contributed by atoms with Crippen molar-refractivity contribution in [1.29, 1.82) is 0 Å². The van der Waals surface area contributed by atoms with Gasteiger partial charge in [0.05, 0.1) is 28.6 Å². The number of halogens is 1. The molecular weight excluding hydrogens is 607 g/mol. The number of aryl methyl sites for hydroxylation is 1. The zero-order valence-corrected chi connectivity index (χ0v) is 29.1. The molecule has 0 bridgehead atoms. The van der Waals surface area contributed by atoms with Crippen molar-refractivity contribution in [2.75, 3.05) is 19.7 Å². The van der Waals surface area contributed by atoms with Crippen molar-refractivity contribution in [2.45, 2.75) is 129 Å². The molecule has 6 rings (SSSR count). The predicted molar refractivity (Wildman–Crippen MR) is 178 cm³/mol. The first-order chi connectivity index (χ1) is 21.7. The molecule has 46 heavy (non-hydrogen) atoms. The molecule has 1 amide bonds. The smallest absolute Gasteiger partial charge is 0.449 e. The van der Waals surface area contributed by atoms with E-state index in [9.17, 15) is 4.79 Å². The van der Waals surface area contributed by atoms with Gasteiger partial charge in [-0.05, 0) is 111 Å². The van der Waals surface area contributed by atoms with E-state index in [1.807, 2.05) is 37.7 Å². The molecule has 5 heterocycles. The predicted octanol–water partition coefficient (Wildman–Crippen LogP) is 6.97. The fourth-order valence-electron chi connectivity index (χ4n) is 6.61. The molecule has 3 fully saturated rings. The number of aromatic nitrogens is 3. The zero-order chi connectivity index (χ0) is 32.9. The monoisotopic (exact) mass is 654 g/mol. The van der Waals surface area contributed by atoms with Gasteiger partial charge in [-0.1, -0.05) is 11.6 Å². The Bertz CT molecular complexity index is 1540. The van der Waals surface area contributed by atoms with Crippen molar-refractivity contribution in [3.63, 3.8) is 0 Å². The van der Waals surface area contributed by atoms with E-state index in [1.165, 1.54) is 0 Å². The molecule has 12 heteroatoms. The summed E-state index contributed by atoms with van der Waals surface area (Å²) in [5, 5.41) is 6.41. The van der Waals surface area contributed by atoms with E-state index in [4.69, 9.17) is 44.9 Å². The molecule has 250 valence electrons. The number of carbonyl (C=O) groups excluding carboxylic acids is 1. The number of nitrogens with zero attached hydrogens (tertiary/aromatic N) is 4. The molecule has 2 aromatic heterocycles. The van der Waals surface area contributed by atoms with Gasteiger partial charge in [0.25, 0.3) is 0 Å². The first-order valence-corrected chi connectivity index (χ1v) is 17.2. The molecule has 3 saturated heterocycles. The maximum Gasteiger partial charge on any atom is 0.495 e. The maximum absolute atomic E-state index is 12.7. The van der Waals surface area contributed by atoms with E-state index in [0.717, 1.165) is 72.8 Å². The SMILES string of the molecule is CC(C)(C)OC(=O)N1CCCC(c2coc(CCCc3c(Cl)cc4c(cnn4C4CCCCO4)c3B3OC(C)(C)C(C)(C)O3)n2)C1. The summed E-state index contributed by atoms with van der Waals surface area (Å²) < 4.78 is 32.7. The Labute approximate surface area is 277 Å². The molecule has 0 saturated carbocycles.